The van der Waals surface area contributed by atoms with Crippen LogP contribution in [-0.2, 0) is 4.74 Å². The zero-order chi connectivity index (χ0) is 8.97. The van der Waals surface area contributed by atoms with Crippen molar-refractivity contribution in [2.24, 2.45) is 0 Å². The highest BCUT2D eigenvalue weighted by molar-refractivity contribution is 6.18. The zero-order valence-corrected chi connectivity index (χ0v) is 8.40. The SMILES string of the molecule is CC1=CCOC(/C(C)=C\CCl)C1. The predicted octanol–water partition coefficient (Wildman–Crippen LogP) is 2.91. The largest absolute Gasteiger partial charge is 0.369 e. The van der Waals surface area contributed by atoms with Crippen molar-refractivity contribution in [2.45, 2.75) is 26.4 Å². The molecule has 1 unspecified atom stereocenters. The first-order chi connectivity index (χ1) is 5.74. The van der Waals surface area contributed by atoms with E-state index in [4.69, 9.17) is 16.3 Å². The summed E-state index contributed by atoms with van der Waals surface area (Å²) in [6.45, 7) is 4.96. The van der Waals surface area contributed by atoms with E-state index in [-0.39, 0.29) is 6.10 Å². The summed E-state index contributed by atoms with van der Waals surface area (Å²) in [7, 11) is 0. The van der Waals surface area contributed by atoms with Gasteiger partial charge in [0, 0.05) is 5.88 Å². The molecule has 0 aromatic heterocycles. The van der Waals surface area contributed by atoms with Gasteiger partial charge in [0.1, 0.15) is 0 Å². The highest BCUT2D eigenvalue weighted by Gasteiger charge is 2.14. The Morgan fingerprint density at radius 2 is 2.58 bits per heavy atom. The third kappa shape index (κ3) is 2.65. The van der Waals surface area contributed by atoms with Crippen LogP contribution in [0.2, 0.25) is 0 Å². The number of hydrogen-bond acceptors (Lipinski definition) is 1. The Hall–Kier alpha value is -0.270. The molecule has 1 atom stereocenters. The highest BCUT2D eigenvalue weighted by atomic mass is 35.5. The van der Waals surface area contributed by atoms with Crippen molar-refractivity contribution in [1.29, 1.82) is 0 Å². The minimum Gasteiger partial charge on any atom is -0.369 e. The molecule has 0 aromatic carbocycles. The summed E-state index contributed by atoms with van der Waals surface area (Å²) < 4.78 is 5.56. The molecule has 0 saturated carbocycles. The van der Waals surface area contributed by atoms with Crippen LogP contribution in [0.4, 0.5) is 0 Å². The Morgan fingerprint density at radius 1 is 1.83 bits per heavy atom. The molecule has 68 valence electrons. The third-order valence-corrected chi connectivity index (χ3v) is 2.30. The molecule has 0 N–H and O–H groups in total. The second kappa shape index (κ2) is 4.68. The first kappa shape index (κ1) is 9.82. The van der Waals surface area contributed by atoms with Crippen molar-refractivity contribution in [1.82, 2.24) is 0 Å². The molecule has 0 bridgehead atoms. The summed E-state index contributed by atoms with van der Waals surface area (Å²) in [4.78, 5) is 0. The molecular formula is C10H15ClO. The molecule has 0 radical (unpaired) electrons. The summed E-state index contributed by atoms with van der Waals surface area (Å²) >= 11 is 5.61. The fourth-order valence-electron chi connectivity index (χ4n) is 1.29. The number of alkyl halides is 1. The molecule has 1 nitrogen and oxygen atoms in total. The van der Waals surface area contributed by atoms with Crippen LogP contribution in [0.5, 0.6) is 0 Å². The lowest BCUT2D eigenvalue weighted by atomic mass is 10.0. The first-order valence-electron chi connectivity index (χ1n) is 4.24. The van der Waals surface area contributed by atoms with Gasteiger partial charge in [-0.25, -0.2) is 0 Å². The van der Waals surface area contributed by atoms with Crippen molar-refractivity contribution in [3.05, 3.63) is 23.3 Å². The van der Waals surface area contributed by atoms with E-state index in [9.17, 15) is 0 Å². The standard InChI is InChI=1S/C10H15ClO/c1-8-4-6-12-10(7-8)9(2)3-5-11/h3-4,10H,5-7H2,1-2H3/b9-3-. The van der Waals surface area contributed by atoms with Gasteiger partial charge in [-0.1, -0.05) is 17.7 Å². The molecule has 0 aromatic rings. The van der Waals surface area contributed by atoms with E-state index in [1.807, 2.05) is 6.08 Å². The van der Waals surface area contributed by atoms with Gasteiger partial charge in [-0.3, -0.25) is 0 Å². The topological polar surface area (TPSA) is 9.23 Å². The number of rotatable bonds is 2. The number of allylic oxidation sites excluding steroid dienone is 1. The maximum Gasteiger partial charge on any atom is 0.0823 e. The zero-order valence-electron chi connectivity index (χ0n) is 7.64. The predicted molar refractivity (Wildman–Crippen MR) is 52.6 cm³/mol. The first-order valence-corrected chi connectivity index (χ1v) is 4.77. The Kier molecular flexibility index (Phi) is 3.83. The second-order valence-corrected chi connectivity index (χ2v) is 3.49. The molecule has 2 heteroatoms. The second-order valence-electron chi connectivity index (χ2n) is 3.18. The van der Waals surface area contributed by atoms with Crippen molar-refractivity contribution in [3.8, 4) is 0 Å². The molecule has 0 amide bonds. The molecule has 1 aliphatic rings. The van der Waals surface area contributed by atoms with Gasteiger partial charge < -0.3 is 4.74 Å². The third-order valence-electron chi connectivity index (χ3n) is 2.14. The number of ether oxygens (including phenoxy) is 1. The number of hydrogen-bond donors (Lipinski definition) is 0. The van der Waals surface area contributed by atoms with Crippen LogP contribution in [0, 0.1) is 0 Å². The molecule has 0 fully saturated rings. The Bertz CT molecular complexity index is 206. The molecule has 1 rings (SSSR count). The normalized spacial score (nSPS) is 25.4. The van der Waals surface area contributed by atoms with Crippen LogP contribution in [0.15, 0.2) is 23.3 Å². The molecule has 12 heavy (non-hydrogen) atoms. The van der Waals surface area contributed by atoms with E-state index < -0.39 is 0 Å². The van der Waals surface area contributed by atoms with E-state index >= 15 is 0 Å². The molecule has 0 saturated heterocycles. The maximum absolute atomic E-state index is 5.61. The van der Waals surface area contributed by atoms with Crippen LogP contribution in [0.25, 0.3) is 0 Å². The molecule has 0 spiro atoms. The summed E-state index contributed by atoms with van der Waals surface area (Å²) in [5.74, 6) is 0.578. The lowest BCUT2D eigenvalue weighted by Crippen LogP contribution is -2.19. The summed E-state index contributed by atoms with van der Waals surface area (Å²) in [5.41, 5.74) is 2.66. The minimum atomic E-state index is 0.258. The van der Waals surface area contributed by atoms with Gasteiger partial charge in [0.2, 0.25) is 0 Å². The molecule has 1 aliphatic heterocycles. The highest BCUT2D eigenvalue weighted by Crippen LogP contribution is 2.19. The van der Waals surface area contributed by atoms with Crippen molar-refractivity contribution >= 4 is 11.6 Å². The molecule has 1 heterocycles. The monoisotopic (exact) mass is 186 g/mol. The minimum absolute atomic E-state index is 0.258. The summed E-state index contributed by atoms with van der Waals surface area (Å²) in [5, 5.41) is 0. The fraction of sp³-hybridized carbons (Fsp3) is 0.600. The van der Waals surface area contributed by atoms with E-state index in [1.165, 1.54) is 11.1 Å². The quantitative estimate of drug-likeness (QED) is 0.476. The number of halogens is 1. The van der Waals surface area contributed by atoms with Gasteiger partial charge in [0.05, 0.1) is 12.7 Å². The Balaban J connectivity index is 2.54. The lowest BCUT2D eigenvalue weighted by Gasteiger charge is -2.22. The van der Waals surface area contributed by atoms with Crippen LogP contribution in [0.1, 0.15) is 20.3 Å². The molecule has 0 aliphatic carbocycles. The summed E-state index contributed by atoms with van der Waals surface area (Å²) in [6, 6.07) is 0. The fourth-order valence-corrected chi connectivity index (χ4v) is 1.53. The average Bonchev–Trinajstić information content (AvgIpc) is 2.05. The van der Waals surface area contributed by atoms with Crippen molar-refractivity contribution < 1.29 is 4.74 Å². The van der Waals surface area contributed by atoms with E-state index in [0.717, 1.165) is 13.0 Å². The lowest BCUT2D eigenvalue weighted by molar-refractivity contribution is 0.0904. The van der Waals surface area contributed by atoms with Crippen LogP contribution < -0.4 is 0 Å². The average molecular weight is 187 g/mol. The van der Waals surface area contributed by atoms with Gasteiger partial charge in [0.25, 0.3) is 0 Å². The maximum atomic E-state index is 5.61. The molecular weight excluding hydrogens is 172 g/mol. The summed E-state index contributed by atoms with van der Waals surface area (Å²) in [6.07, 6.45) is 5.42. The van der Waals surface area contributed by atoms with Crippen LogP contribution >= 0.6 is 11.6 Å². The van der Waals surface area contributed by atoms with E-state index in [0.29, 0.717) is 5.88 Å². The van der Waals surface area contributed by atoms with Crippen molar-refractivity contribution in [3.63, 3.8) is 0 Å². The van der Waals surface area contributed by atoms with Gasteiger partial charge in [-0.15, -0.1) is 11.6 Å². The van der Waals surface area contributed by atoms with Gasteiger partial charge >= 0.3 is 0 Å². The van der Waals surface area contributed by atoms with Gasteiger partial charge in [0.15, 0.2) is 0 Å². The van der Waals surface area contributed by atoms with Crippen molar-refractivity contribution in [2.75, 3.05) is 12.5 Å². The Labute approximate surface area is 79.1 Å². The van der Waals surface area contributed by atoms with E-state index in [1.54, 1.807) is 0 Å². The van der Waals surface area contributed by atoms with Gasteiger partial charge in [-0.2, -0.15) is 0 Å². The van der Waals surface area contributed by atoms with Crippen LogP contribution in [0.3, 0.4) is 0 Å². The van der Waals surface area contributed by atoms with Gasteiger partial charge in [-0.05, 0) is 25.8 Å². The smallest absolute Gasteiger partial charge is 0.0823 e. The Morgan fingerprint density at radius 3 is 3.17 bits per heavy atom. The van der Waals surface area contributed by atoms with E-state index in [2.05, 4.69) is 19.9 Å². The van der Waals surface area contributed by atoms with Crippen LogP contribution in [-0.4, -0.2) is 18.6 Å².